The Morgan fingerprint density at radius 3 is 2.33 bits per heavy atom. The van der Waals surface area contributed by atoms with Crippen molar-refractivity contribution in [2.75, 3.05) is 37.7 Å². The summed E-state index contributed by atoms with van der Waals surface area (Å²) in [5.41, 5.74) is 6.07. The van der Waals surface area contributed by atoms with Gasteiger partial charge in [-0.15, -0.1) is 0 Å². The van der Waals surface area contributed by atoms with Crippen molar-refractivity contribution in [2.24, 2.45) is 0 Å². The average molecular weight is 665 g/mol. The molecule has 1 N–H and O–H groups in total. The van der Waals surface area contributed by atoms with E-state index in [1.807, 2.05) is 49.5 Å². The minimum atomic E-state index is -3.98. The Labute approximate surface area is 277 Å². The van der Waals surface area contributed by atoms with Crippen LogP contribution >= 0.6 is 0 Å². The molecule has 244 valence electrons. The normalized spacial score (nSPS) is 13.7. The van der Waals surface area contributed by atoms with Crippen molar-refractivity contribution in [3.8, 4) is 22.3 Å². The molecule has 0 aliphatic carbocycles. The second kappa shape index (κ2) is 12.7. The zero-order chi connectivity index (χ0) is 33.4. The monoisotopic (exact) mass is 664 g/mol. The van der Waals surface area contributed by atoms with Gasteiger partial charge in [-0.3, -0.25) is 9.48 Å². The molecular weight excluding hydrogens is 631 g/mol. The van der Waals surface area contributed by atoms with Gasteiger partial charge in [-0.2, -0.15) is 5.10 Å². The highest BCUT2D eigenvalue weighted by atomic mass is 32.2. The standard InChI is InChI=1S/C36H33FN6O4S/c1-25-5-11-32(12-6-25)48(46,47)43-23-34(29-20-39-42(22-29)21-26-3-2-4-30(37)17-26)33-18-28(19-38-36(33)43)27-7-9-31(10-8-27)40-13-15-41(16-14-40)35(45)24-44/h2-12,17-20,22-23,44H,13-16,21,24H2,1H3. The van der Waals surface area contributed by atoms with Crippen LogP contribution < -0.4 is 4.90 Å². The SMILES string of the molecule is Cc1ccc(S(=O)(=O)n2cc(-c3cnn(Cc4cccc(F)c4)c3)c3cc(-c4ccc(N5CCN(C(=O)CO)CC5)cc4)cnc32)cc1. The fourth-order valence-corrected chi connectivity index (χ4v) is 7.39. The van der Waals surface area contributed by atoms with E-state index in [-0.39, 0.29) is 16.6 Å². The van der Waals surface area contributed by atoms with Gasteiger partial charge in [-0.05, 0) is 60.5 Å². The number of piperazine rings is 1. The highest BCUT2D eigenvalue weighted by Gasteiger charge is 2.24. The van der Waals surface area contributed by atoms with E-state index in [4.69, 9.17) is 5.11 Å². The summed E-state index contributed by atoms with van der Waals surface area (Å²) >= 11 is 0. The molecule has 1 fully saturated rings. The first-order valence-electron chi connectivity index (χ1n) is 15.5. The fourth-order valence-electron chi connectivity index (χ4n) is 6.06. The molecule has 0 radical (unpaired) electrons. The Morgan fingerprint density at radius 1 is 0.875 bits per heavy atom. The number of aryl methyl sites for hydroxylation is 1. The fraction of sp³-hybridized carbons (Fsp3) is 0.194. The number of rotatable bonds is 8. The third-order valence-electron chi connectivity index (χ3n) is 8.70. The first-order chi connectivity index (χ1) is 23.2. The first kappa shape index (κ1) is 31.3. The lowest BCUT2D eigenvalue weighted by atomic mass is 10.0. The molecule has 3 aromatic heterocycles. The van der Waals surface area contributed by atoms with Crippen molar-refractivity contribution >= 4 is 32.7 Å². The van der Waals surface area contributed by atoms with E-state index in [0.29, 0.717) is 54.9 Å². The summed E-state index contributed by atoms with van der Waals surface area (Å²) in [6.45, 7) is 4.19. The molecule has 48 heavy (non-hydrogen) atoms. The van der Waals surface area contributed by atoms with E-state index in [9.17, 15) is 17.6 Å². The van der Waals surface area contributed by atoms with Gasteiger partial charge in [0.2, 0.25) is 5.91 Å². The first-order valence-corrected chi connectivity index (χ1v) is 17.0. The zero-order valence-electron chi connectivity index (χ0n) is 26.2. The van der Waals surface area contributed by atoms with Gasteiger partial charge in [0.1, 0.15) is 12.4 Å². The highest BCUT2D eigenvalue weighted by Crippen LogP contribution is 2.35. The summed E-state index contributed by atoms with van der Waals surface area (Å²) in [4.78, 5) is 20.6. The van der Waals surface area contributed by atoms with Crippen molar-refractivity contribution < 1.29 is 22.7 Å². The lowest BCUT2D eigenvalue weighted by Gasteiger charge is -2.36. The number of carbonyl (C=O) groups is 1. The minimum absolute atomic E-state index is 0.154. The maximum Gasteiger partial charge on any atom is 0.269 e. The van der Waals surface area contributed by atoms with Crippen molar-refractivity contribution in [3.05, 3.63) is 121 Å². The summed E-state index contributed by atoms with van der Waals surface area (Å²) in [6, 6.07) is 23.0. The maximum absolute atomic E-state index is 13.9. The zero-order valence-corrected chi connectivity index (χ0v) is 27.0. The number of nitrogens with zero attached hydrogens (tertiary/aromatic N) is 6. The van der Waals surface area contributed by atoms with Gasteiger partial charge in [-0.25, -0.2) is 21.8 Å². The number of aromatic nitrogens is 4. The van der Waals surface area contributed by atoms with Crippen LogP contribution in [-0.2, 0) is 21.4 Å². The van der Waals surface area contributed by atoms with Crippen LogP contribution in [0, 0.1) is 12.7 Å². The molecule has 0 bridgehead atoms. The van der Waals surface area contributed by atoms with Crippen LogP contribution in [0.25, 0.3) is 33.3 Å². The van der Waals surface area contributed by atoms with Crippen LogP contribution in [-0.4, -0.2) is 75.9 Å². The Kier molecular flexibility index (Phi) is 8.28. The van der Waals surface area contributed by atoms with Crippen molar-refractivity contribution in [1.29, 1.82) is 0 Å². The minimum Gasteiger partial charge on any atom is -0.387 e. The van der Waals surface area contributed by atoms with Gasteiger partial charge in [0.15, 0.2) is 5.65 Å². The van der Waals surface area contributed by atoms with Gasteiger partial charge >= 0.3 is 0 Å². The van der Waals surface area contributed by atoms with E-state index in [1.165, 1.54) is 16.1 Å². The third kappa shape index (κ3) is 6.07. The molecule has 1 amide bonds. The Balaban J connectivity index is 1.25. The number of pyridine rings is 1. The van der Waals surface area contributed by atoms with Gasteiger partial charge < -0.3 is 14.9 Å². The van der Waals surface area contributed by atoms with Crippen LogP contribution in [0.15, 0.2) is 109 Å². The van der Waals surface area contributed by atoms with Gasteiger partial charge in [0.05, 0.1) is 17.6 Å². The molecule has 7 rings (SSSR count). The molecule has 4 heterocycles. The lowest BCUT2D eigenvalue weighted by molar-refractivity contribution is -0.134. The molecule has 12 heteroatoms. The van der Waals surface area contributed by atoms with Crippen molar-refractivity contribution in [2.45, 2.75) is 18.4 Å². The number of halogens is 1. The summed E-state index contributed by atoms with van der Waals surface area (Å²) in [5, 5.41) is 14.3. The Hall–Kier alpha value is -5.33. The molecule has 6 aromatic rings. The molecule has 0 atom stereocenters. The predicted octanol–water partition coefficient (Wildman–Crippen LogP) is 4.94. The van der Waals surface area contributed by atoms with Crippen LogP contribution in [0.5, 0.6) is 0 Å². The van der Waals surface area contributed by atoms with E-state index < -0.39 is 16.6 Å². The summed E-state index contributed by atoms with van der Waals surface area (Å²) in [6.07, 6.45) is 6.75. The molecule has 10 nitrogen and oxygen atoms in total. The van der Waals surface area contributed by atoms with E-state index in [1.54, 1.807) is 58.5 Å². The highest BCUT2D eigenvalue weighted by molar-refractivity contribution is 7.90. The van der Waals surface area contributed by atoms with Gasteiger partial charge in [-0.1, -0.05) is 42.0 Å². The maximum atomic E-state index is 13.9. The van der Waals surface area contributed by atoms with E-state index in [2.05, 4.69) is 15.0 Å². The molecule has 1 aliphatic rings. The smallest absolute Gasteiger partial charge is 0.269 e. The van der Waals surface area contributed by atoms with E-state index >= 15 is 0 Å². The number of hydrogen-bond donors (Lipinski definition) is 1. The van der Waals surface area contributed by atoms with Crippen LogP contribution in [0.4, 0.5) is 10.1 Å². The Bertz CT molecular complexity index is 2220. The van der Waals surface area contributed by atoms with E-state index in [0.717, 1.165) is 27.9 Å². The second-order valence-electron chi connectivity index (χ2n) is 11.9. The van der Waals surface area contributed by atoms with Crippen LogP contribution in [0.2, 0.25) is 0 Å². The Morgan fingerprint density at radius 2 is 1.62 bits per heavy atom. The number of aliphatic hydroxyl groups is 1. The van der Waals surface area contributed by atoms with Crippen LogP contribution in [0.3, 0.4) is 0 Å². The number of hydrogen-bond acceptors (Lipinski definition) is 7. The second-order valence-corrected chi connectivity index (χ2v) is 13.7. The lowest BCUT2D eigenvalue weighted by Crippen LogP contribution is -2.49. The molecule has 3 aromatic carbocycles. The average Bonchev–Trinajstić information content (AvgIpc) is 3.73. The number of aliphatic hydroxyl groups excluding tert-OH is 1. The summed E-state index contributed by atoms with van der Waals surface area (Å²) in [5.74, 6) is -0.584. The molecule has 1 saturated heterocycles. The van der Waals surface area contributed by atoms with Crippen molar-refractivity contribution in [3.63, 3.8) is 0 Å². The van der Waals surface area contributed by atoms with Gasteiger partial charge in [0, 0.05) is 72.5 Å². The van der Waals surface area contributed by atoms with Gasteiger partial charge in [0.25, 0.3) is 10.0 Å². The number of carbonyl (C=O) groups excluding carboxylic acids is 1. The van der Waals surface area contributed by atoms with Crippen LogP contribution in [0.1, 0.15) is 11.1 Å². The van der Waals surface area contributed by atoms with Crippen molar-refractivity contribution in [1.82, 2.24) is 23.6 Å². The summed E-state index contributed by atoms with van der Waals surface area (Å²) in [7, 11) is -3.98. The number of anilines is 1. The third-order valence-corrected chi connectivity index (χ3v) is 10.4. The molecule has 1 aliphatic heterocycles. The number of amides is 1. The topological polar surface area (TPSA) is 114 Å². The molecular formula is C36H33FN6O4S. The quantitative estimate of drug-likeness (QED) is 0.245. The summed E-state index contributed by atoms with van der Waals surface area (Å²) < 4.78 is 44.6. The number of benzene rings is 3. The molecule has 0 saturated carbocycles. The molecule has 0 unspecified atom stereocenters. The molecule has 0 spiro atoms. The number of fused-ring (bicyclic) bond motifs is 1. The predicted molar refractivity (Wildman–Crippen MR) is 182 cm³/mol. The largest absolute Gasteiger partial charge is 0.387 e.